The van der Waals surface area contributed by atoms with Crippen molar-refractivity contribution in [1.29, 1.82) is 0 Å². The van der Waals surface area contributed by atoms with E-state index in [0.717, 1.165) is 11.3 Å². The Bertz CT molecular complexity index is 616. The Balaban J connectivity index is 2.32. The molecule has 0 unspecified atom stereocenters. The average molecular weight is 229 g/mol. The van der Waals surface area contributed by atoms with Crippen molar-refractivity contribution in [3.63, 3.8) is 0 Å². The van der Waals surface area contributed by atoms with Gasteiger partial charge in [-0.3, -0.25) is 4.57 Å². The standard InChI is InChI=1S/C12H11N3O2/c1-14-6-7-15(12(14)17)11-4-2-10(3-5-11)8-13-9-16/h2-7H,8H2,1H3. The van der Waals surface area contributed by atoms with E-state index >= 15 is 0 Å². The zero-order valence-corrected chi connectivity index (χ0v) is 9.33. The van der Waals surface area contributed by atoms with Crippen LogP contribution in [0.4, 0.5) is 0 Å². The number of isocyanates is 1. The molecule has 0 fully saturated rings. The molecule has 0 saturated heterocycles. The van der Waals surface area contributed by atoms with Gasteiger partial charge in [0.05, 0.1) is 12.2 Å². The average Bonchev–Trinajstić information content (AvgIpc) is 2.68. The smallest absolute Gasteiger partial charge is 0.302 e. The number of hydrogen-bond donors (Lipinski definition) is 0. The Morgan fingerprint density at radius 3 is 2.47 bits per heavy atom. The third-order valence-electron chi connectivity index (χ3n) is 2.49. The lowest BCUT2D eigenvalue weighted by molar-refractivity contribution is 0.563. The second kappa shape index (κ2) is 4.63. The lowest BCUT2D eigenvalue weighted by atomic mass is 10.2. The summed E-state index contributed by atoms with van der Waals surface area (Å²) in [6.45, 7) is 0.313. The molecule has 5 nitrogen and oxygen atoms in total. The maximum Gasteiger partial charge on any atom is 0.332 e. The molecular formula is C12H11N3O2. The van der Waals surface area contributed by atoms with Crippen molar-refractivity contribution in [3.05, 3.63) is 52.7 Å². The number of aryl methyl sites for hydroxylation is 1. The van der Waals surface area contributed by atoms with Crippen LogP contribution in [0.3, 0.4) is 0 Å². The summed E-state index contributed by atoms with van der Waals surface area (Å²) in [5, 5.41) is 0. The summed E-state index contributed by atoms with van der Waals surface area (Å²) in [4.78, 5) is 25.1. The van der Waals surface area contributed by atoms with Crippen LogP contribution in [-0.2, 0) is 18.4 Å². The van der Waals surface area contributed by atoms with E-state index in [0.29, 0.717) is 6.54 Å². The van der Waals surface area contributed by atoms with E-state index in [1.807, 2.05) is 24.3 Å². The van der Waals surface area contributed by atoms with Gasteiger partial charge in [0, 0.05) is 19.4 Å². The van der Waals surface area contributed by atoms with Crippen LogP contribution in [-0.4, -0.2) is 15.2 Å². The Labute approximate surface area is 97.7 Å². The van der Waals surface area contributed by atoms with Gasteiger partial charge in [0.1, 0.15) is 0 Å². The molecule has 1 aromatic heterocycles. The van der Waals surface area contributed by atoms with Crippen LogP contribution in [0, 0.1) is 0 Å². The number of hydrogen-bond acceptors (Lipinski definition) is 3. The molecule has 0 amide bonds. The summed E-state index contributed by atoms with van der Waals surface area (Å²) < 4.78 is 3.05. The lowest BCUT2D eigenvalue weighted by Crippen LogP contribution is -2.20. The van der Waals surface area contributed by atoms with Gasteiger partial charge in [0.15, 0.2) is 0 Å². The van der Waals surface area contributed by atoms with E-state index < -0.39 is 0 Å². The van der Waals surface area contributed by atoms with Gasteiger partial charge in [-0.05, 0) is 17.7 Å². The molecule has 2 aromatic rings. The molecule has 17 heavy (non-hydrogen) atoms. The molecule has 0 atom stereocenters. The number of benzene rings is 1. The summed E-state index contributed by atoms with van der Waals surface area (Å²) in [6, 6.07) is 7.29. The quantitative estimate of drug-likeness (QED) is 0.582. The summed E-state index contributed by atoms with van der Waals surface area (Å²) in [5.41, 5.74) is 1.60. The zero-order chi connectivity index (χ0) is 12.3. The second-order valence-electron chi connectivity index (χ2n) is 3.64. The minimum absolute atomic E-state index is 0.0938. The molecule has 1 heterocycles. The molecule has 0 spiro atoms. The minimum Gasteiger partial charge on any atom is -0.302 e. The molecular weight excluding hydrogens is 218 g/mol. The summed E-state index contributed by atoms with van der Waals surface area (Å²) in [7, 11) is 1.70. The summed E-state index contributed by atoms with van der Waals surface area (Å²) >= 11 is 0. The van der Waals surface area contributed by atoms with Crippen LogP contribution >= 0.6 is 0 Å². The van der Waals surface area contributed by atoms with Gasteiger partial charge in [-0.25, -0.2) is 14.6 Å². The normalized spacial score (nSPS) is 9.94. The Kier molecular flexibility index (Phi) is 3.03. The minimum atomic E-state index is -0.0938. The predicted molar refractivity (Wildman–Crippen MR) is 62.8 cm³/mol. The first kappa shape index (κ1) is 11.1. The van der Waals surface area contributed by atoms with Gasteiger partial charge in [0.25, 0.3) is 0 Å². The van der Waals surface area contributed by atoms with Gasteiger partial charge in [-0.1, -0.05) is 12.1 Å². The molecule has 86 valence electrons. The fourth-order valence-electron chi connectivity index (χ4n) is 1.55. The first-order valence-corrected chi connectivity index (χ1v) is 5.09. The van der Waals surface area contributed by atoms with Crippen LogP contribution in [0.15, 0.2) is 46.4 Å². The Morgan fingerprint density at radius 2 is 1.94 bits per heavy atom. The van der Waals surface area contributed by atoms with Crippen LogP contribution < -0.4 is 5.69 Å². The third kappa shape index (κ3) is 2.24. The van der Waals surface area contributed by atoms with Crippen molar-refractivity contribution in [2.45, 2.75) is 6.54 Å². The third-order valence-corrected chi connectivity index (χ3v) is 2.49. The molecule has 0 aliphatic heterocycles. The van der Waals surface area contributed by atoms with E-state index in [2.05, 4.69) is 4.99 Å². The van der Waals surface area contributed by atoms with Gasteiger partial charge in [-0.2, -0.15) is 0 Å². The monoisotopic (exact) mass is 229 g/mol. The van der Waals surface area contributed by atoms with Crippen LogP contribution in [0.5, 0.6) is 0 Å². The van der Waals surface area contributed by atoms with Crippen molar-refractivity contribution in [3.8, 4) is 5.69 Å². The molecule has 1 aromatic carbocycles. The largest absolute Gasteiger partial charge is 0.332 e. The van der Waals surface area contributed by atoms with E-state index in [4.69, 9.17) is 0 Å². The summed E-state index contributed by atoms with van der Waals surface area (Å²) in [6.07, 6.45) is 4.90. The Hall–Kier alpha value is -2.39. The first-order valence-electron chi connectivity index (χ1n) is 5.09. The zero-order valence-electron chi connectivity index (χ0n) is 9.33. The maximum atomic E-state index is 11.7. The molecule has 2 rings (SSSR count). The fraction of sp³-hybridized carbons (Fsp3) is 0.167. The molecule has 0 N–H and O–H groups in total. The van der Waals surface area contributed by atoms with Gasteiger partial charge < -0.3 is 4.57 Å². The SMILES string of the molecule is Cn1ccn(-c2ccc(CN=C=O)cc2)c1=O. The first-order chi connectivity index (χ1) is 8.22. The number of aromatic nitrogens is 2. The predicted octanol–water partition coefficient (Wildman–Crippen LogP) is 1.01. The molecule has 0 saturated carbocycles. The highest BCUT2D eigenvalue weighted by Gasteiger charge is 2.02. The van der Waals surface area contributed by atoms with E-state index in [1.54, 1.807) is 24.0 Å². The molecule has 0 aliphatic rings. The molecule has 0 aliphatic carbocycles. The van der Waals surface area contributed by atoms with Gasteiger partial charge in [0.2, 0.25) is 6.08 Å². The van der Waals surface area contributed by atoms with Gasteiger partial charge in [-0.15, -0.1) is 0 Å². The fourth-order valence-corrected chi connectivity index (χ4v) is 1.55. The van der Waals surface area contributed by atoms with Crippen molar-refractivity contribution in [2.75, 3.05) is 0 Å². The van der Waals surface area contributed by atoms with Gasteiger partial charge >= 0.3 is 5.69 Å². The molecule has 0 radical (unpaired) electrons. The number of aliphatic imine (C=N–C) groups is 1. The Morgan fingerprint density at radius 1 is 1.24 bits per heavy atom. The van der Waals surface area contributed by atoms with E-state index in [1.165, 1.54) is 10.6 Å². The molecule has 5 heteroatoms. The maximum absolute atomic E-state index is 11.7. The number of nitrogens with zero attached hydrogens (tertiary/aromatic N) is 3. The van der Waals surface area contributed by atoms with Crippen molar-refractivity contribution in [2.24, 2.45) is 12.0 Å². The second-order valence-corrected chi connectivity index (χ2v) is 3.64. The summed E-state index contributed by atoms with van der Waals surface area (Å²) in [5.74, 6) is 0. The van der Waals surface area contributed by atoms with Crippen molar-refractivity contribution >= 4 is 6.08 Å². The van der Waals surface area contributed by atoms with Crippen LogP contribution in [0.1, 0.15) is 5.56 Å². The lowest BCUT2D eigenvalue weighted by Gasteiger charge is -2.02. The number of carbonyl (C=O) groups excluding carboxylic acids is 1. The topological polar surface area (TPSA) is 56.4 Å². The van der Waals surface area contributed by atoms with Crippen LogP contribution in [0.2, 0.25) is 0 Å². The van der Waals surface area contributed by atoms with Crippen LogP contribution in [0.25, 0.3) is 5.69 Å². The van der Waals surface area contributed by atoms with Crippen molar-refractivity contribution < 1.29 is 4.79 Å². The highest BCUT2D eigenvalue weighted by molar-refractivity contribution is 5.37. The van der Waals surface area contributed by atoms with E-state index in [9.17, 15) is 9.59 Å². The molecule has 0 bridgehead atoms. The highest BCUT2D eigenvalue weighted by Crippen LogP contribution is 2.08. The number of imidazole rings is 1. The van der Waals surface area contributed by atoms with E-state index in [-0.39, 0.29) is 5.69 Å². The number of rotatable bonds is 3. The highest BCUT2D eigenvalue weighted by atomic mass is 16.1. The van der Waals surface area contributed by atoms with Crippen molar-refractivity contribution in [1.82, 2.24) is 9.13 Å².